The Morgan fingerprint density at radius 2 is 2.05 bits per heavy atom. The van der Waals surface area contributed by atoms with Crippen molar-refractivity contribution in [1.29, 1.82) is 0 Å². The third-order valence-electron chi connectivity index (χ3n) is 3.84. The second-order valence-electron chi connectivity index (χ2n) is 5.55. The zero-order chi connectivity index (χ0) is 14.8. The molecule has 0 radical (unpaired) electrons. The molecule has 1 aliphatic heterocycles. The molecule has 0 amide bonds. The van der Waals surface area contributed by atoms with Crippen molar-refractivity contribution in [3.63, 3.8) is 0 Å². The minimum absolute atomic E-state index is 0.216. The number of hydrogen-bond donors (Lipinski definition) is 1. The fraction of sp³-hybridized carbons (Fsp3) is 0.333. The van der Waals surface area contributed by atoms with E-state index in [-0.39, 0.29) is 6.04 Å². The molecule has 2 atom stereocenters. The third-order valence-corrected chi connectivity index (χ3v) is 4.34. The van der Waals surface area contributed by atoms with E-state index < -0.39 is 0 Å². The van der Waals surface area contributed by atoms with Gasteiger partial charge in [0.1, 0.15) is 11.9 Å². The maximum Gasteiger partial charge on any atom is 0.123 e. The van der Waals surface area contributed by atoms with Crippen LogP contribution in [0, 0.1) is 0 Å². The van der Waals surface area contributed by atoms with Gasteiger partial charge < -0.3 is 10.1 Å². The Hall–Kier alpha value is -1.32. The van der Waals surface area contributed by atoms with E-state index in [1.165, 1.54) is 16.7 Å². The summed E-state index contributed by atoms with van der Waals surface area (Å²) in [6.45, 7) is 5.19. The van der Waals surface area contributed by atoms with Crippen LogP contribution in [-0.2, 0) is 6.42 Å². The topological polar surface area (TPSA) is 21.3 Å². The van der Waals surface area contributed by atoms with Crippen molar-refractivity contribution < 1.29 is 4.74 Å². The first-order valence-corrected chi connectivity index (χ1v) is 8.25. The number of halogens is 1. The molecule has 1 N–H and O–H groups in total. The summed E-state index contributed by atoms with van der Waals surface area (Å²) >= 11 is 3.56. The van der Waals surface area contributed by atoms with E-state index in [4.69, 9.17) is 4.74 Å². The van der Waals surface area contributed by atoms with Gasteiger partial charge in [-0.25, -0.2) is 0 Å². The maximum absolute atomic E-state index is 5.80. The molecular weight excluding hydrogens is 326 g/mol. The van der Waals surface area contributed by atoms with Crippen LogP contribution in [0.3, 0.4) is 0 Å². The fourth-order valence-corrected chi connectivity index (χ4v) is 3.36. The number of fused-ring (bicyclic) bond motifs is 1. The van der Waals surface area contributed by atoms with E-state index in [1.54, 1.807) is 0 Å². The summed E-state index contributed by atoms with van der Waals surface area (Å²) in [6.07, 6.45) is 1.29. The molecule has 0 saturated heterocycles. The second kappa shape index (κ2) is 6.20. The quantitative estimate of drug-likeness (QED) is 0.882. The van der Waals surface area contributed by atoms with Crippen LogP contribution in [0.15, 0.2) is 46.9 Å². The Balaban J connectivity index is 1.96. The largest absolute Gasteiger partial charge is 0.490 e. The molecule has 0 spiro atoms. The van der Waals surface area contributed by atoms with Crippen LogP contribution >= 0.6 is 15.9 Å². The average molecular weight is 346 g/mol. The van der Waals surface area contributed by atoms with Crippen LogP contribution < -0.4 is 10.1 Å². The van der Waals surface area contributed by atoms with Gasteiger partial charge >= 0.3 is 0 Å². The molecule has 2 aromatic rings. The molecule has 3 heteroatoms. The van der Waals surface area contributed by atoms with Gasteiger partial charge in [-0.05, 0) is 48.4 Å². The van der Waals surface area contributed by atoms with Crippen LogP contribution in [0.5, 0.6) is 5.75 Å². The van der Waals surface area contributed by atoms with Crippen LogP contribution in [0.4, 0.5) is 0 Å². The van der Waals surface area contributed by atoms with E-state index in [0.29, 0.717) is 6.10 Å². The maximum atomic E-state index is 5.80. The van der Waals surface area contributed by atoms with E-state index in [0.717, 1.165) is 23.2 Å². The van der Waals surface area contributed by atoms with Gasteiger partial charge in [0, 0.05) is 10.9 Å². The van der Waals surface area contributed by atoms with Crippen molar-refractivity contribution in [3.05, 3.63) is 63.6 Å². The standard InChI is InChI=1S/C18H20BrNO/c1-3-20-18(13-5-4-6-16(19)11-13)14-7-8-17-15(10-14)9-12(2)21-17/h4-8,10-12,18,20H,3,9H2,1-2H3. The molecular formula is C18H20BrNO. The molecule has 0 aromatic heterocycles. The lowest BCUT2D eigenvalue weighted by Gasteiger charge is -2.20. The van der Waals surface area contributed by atoms with Gasteiger partial charge in [-0.1, -0.05) is 47.1 Å². The van der Waals surface area contributed by atoms with Crippen LogP contribution in [0.1, 0.15) is 36.6 Å². The average Bonchev–Trinajstić information content (AvgIpc) is 2.83. The van der Waals surface area contributed by atoms with Gasteiger partial charge in [-0.15, -0.1) is 0 Å². The Kier molecular flexibility index (Phi) is 4.32. The van der Waals surface area contributed by atoms with Crippen molar-refractivity contribution in [2.24, 2.45) is 0 Å². The van der Waals surface area contributed by atoms with Crippen LogP contribution in [0.2, 0.25) is 0 Å². The molecule has 0 aliphatic carbocycles. The number of hydrogen-bond acceptors (Lipinski definition) is 2. The summed E-state index contributed by atoms with van der Waals surface area (Å²) in [5.41, 5.74) is 3.89. The van der Waals surface area contributed by atoms with Crippen molar-refractivity contribution in [2.45, 2.75) is 32.4 Å². The molecule has 0 fully saturated rings. The highest BCUT2D eigenvalue weighted by Gasteiger charge is 2.21. The fourth-order valence-electron chi connectivity index (χ4n) is 2.94. The Morgan fingerprint density at radius 1 is 1.24 bits per heavy atom. The van der Waals surface area contributed by atoms with Gasteiger partial charge in [0.15, 0.2) is 0 Å². The molecule has 0 saturated carbocycles. The number of nitrogens with one attached hydrogen (secondary N) is 1. The number of rotatable bonds is 4. The first kappa shape index (κ1) is 14.6. The molecule has 2 nitrogen and oxygen atoms in total. The van der Waals surface area contributed by atoms with Crippen molar-refractivity contribution >= 4 is 15.9 Å². The van der Waals surface area contributed by atoms with Crippen molar-refractivity contribution in [2.75, 3.05) is 6.54 Å². The summed E-state index contributed by atoms with van der Waals surface area (Å²) in [5, 5.41) is 3.58. The molecule has 21 heavy (non-hydrogen) atoms. The smallest absolute Gasteiger partial charge is 0.123 e. The monoisotopic (exact) mass is 345 g/mol. The second-order valence-corrected chi connectivity index (χ2v) is 6.46. The molecule has 0 bridgehead atoms. The normalized spacial score (nSPS) is 18.1. The van der Waals surface area contributed by atoms with Gasteiger partial charge in [0.25, 0.3) is 0 Å². The lowest BCUT2D eigenvalue weighted by atomic mass is 9.96. The number of ether oxygens (including phenoxy) is 1. The lowest BCUT2D eigenvalue weighted by Crippen LogP contribution is -2.22. The minimum atomic E-state index is 0.216. The predicted octanol–water partition coefficient (Wildman–Crippen LogP) is 4.47. The molecule has 1 aliphatic rings. The summed E-state index contributed by atoms with van der Waals surface area (Å²) < 4.78 is 6.91. The molecule has 2 aromatic carbocycles. The van der Waals surface area contributed by atoms with Gasteiger partial charge in [0.2, 0.25) is 0 Å². The van der Waals surface area contributed by atoms with Crippen molar-refractivity contribution in [1.82, 2.24) is 5.32 Å². The molecule has 3 rings (SSSR count). The lowest BCUT2D eigenvalue weighted by molar-refractivity contribution is 0.254. The molecule has 110 valence electrons. The van der Waals surface area contributed by atoms with Gasteiger partial charge in [0.05, 0.1) is 6.04 Å². The van der Waals surface area contributed by atoms with E-state index >= 15 is 0 Å². The molecule has 1 heterocycles. The van der Waals surface area contributed by atoms with Crippen LogP contribution in [-0.4, -0.2) is 12.6 Å². The van der Waals surface area contributed by atoms with Crippen molar-refractivity contribution in [3.8, 4) is 5.75 Å². The Labute approximate surface area is 134 Å². The van der Waals surface area contributed by atoms with E-state index in [9.17, 15) is 0 Å². The summed E-state index contributed by atoms with van der Waals surface area (Å²) in [5.74, 6) is 1.04. The zero-order valence-electron chi connectivity index (χ0n) is 12.4. The molecule has 2 unspecified atom stereocenters. The minimum Gasteiger partial charge on any atom is -0.490 e. The van der Waals surface area contributed by atoms with E-state index in [1.807, 2.05) is 0 Å². The first-order chi connectivity index (χ1) is 10.2. The number of benzene rings is 2. The Morgan fingerprint density at radius 3 is 2.81 bits per heavy atom. The Bertz CT molecular complexity index is 641. The predicted molar refractivity (Wildman–Crippen MR) is 89.9 cm³/mol. The highest BCUT2D eigenvalue weighted by Crippen LogP contribution is 2.33. The summed E-state index contributed by atoms with van der Waals surface area (Å²) in [4.78, 5) is 0. The SMILES string of the molecule is CCNC(c1cccc(Br)c1)c1ccc2c(c1)CC(C)O2. The zero-order valence-corrected chi connectivity index (χ0v) is 14.0. The van der Waals surface area contributed by atoms with E-state index in [2.05, 4.69) is 77.6 Å². The highest BCUT2D eigenvalue weighted by atomic mass is 79.9. The summed E-state index contributed by atoms with van der Waals surface area (Å²) in [6, 6.07) is 15.3. The first-order valence-electron chi connectivity index (χ1n) is 7.45. The highest BCUT2D eigenvalue weighted by molar-refractivity contribution is 9.10. The third kappa shape index (κ3) is 3.14. The van der Waals surface area contributed by atoms with Gasteiger partial charge in [-0.3, -0.25) is 0 Å². The van der Waals surface area contributed by atoms with Gasteiger partial charge in [-0.2, -0.15) is 0 Å². The summed E-state index contributed by atoms with van der Waals surface area (Å²) in [7, 11) is 0. The van der Waals surface area contributed by atoms with Crippen LogP contribution in [0.25, 0.3) is 0 Å².